The summed E-state index contributed by atoms with van der Waals surface area (Å²) >= 11 is 0. The summed E-state index contributed by atoms with van der Waals surface area (Å²) in [4.78, 5) is -0.0137. The van der Waals surface area contributed by atoms with Gasteiger partial charge in [0.1, 0.15) is 5.25 Å². The zero-order valence-electron chi connectivity index (χ0n) is 16.1. The van der Waals surface area contributed by atoms with Crippen LogP contribution in [0.4, 0.5) is 13.2 Å². The van der Waals surface area contributed by atoms with E-state index in [1.54, 1.807) is 19.1 Å². The second-order valence-corrected chi connectivity index (χ2v) is 8.79. The van der Waals surface area contributed by atoms with E-state index >= 15 is 0 Å². The topological polar surface area (TPSA) is 63.6 Å². The smallest absolute Gasteiger partial charge is 0.416 e. The van der Waals surface area contributed by atoms with Gasteiger partial charge in [0.2, 0.25) is 0 Å². The molecular formula is C22H19F3O4S. The van der Waals surface area contributed by atoms with Gasteiger partial charge in [0.05, 0.1) is 17.6 Å². The molecule has 30 heavy (non-hydrogen) atoms. The van der Waals surface area contributed by atoms with Gasteiger partial charge in [0.15, 0.2) is 21.3 Å². The summed E-state index contributed by atoms with van der Waals surface area (Å²) in [5.41, 5.74) is 0.0543. The van der Waals surface area contributed by atoms with E-state index in [0.29, 0.717) is 0 Å². The van der Waals surface area contributed by atoms with Crippen LogP contribution in [0.2, 0.25) is 0 Å². The highest BCUT2D eigenvalue weighted by atomic mass is 32.2. The van der Waals surface area contributed by atoms with Gasteiger partial charge in [-0.2, -0.15) is 13.2 Å². The molecular weight excluding hydrogens is 417 g/mol. The fraction of sp³-hybridized carbons (Fsp3) is 0.182. The molecule has 0 fully saturated rings. The zero-order valence-corrected chi connectivity index (χ0v) is 17.0. The molecule has 0 aliphatic rings. The van der Waals surface area contributed by atoms with Gasteiger partial charge in [-0.15, -0.1) is 0 Å². The fourth-order valence-electron chi connectivity index (χ4n) is 3.15. The van der Waals surface area contributed by atoms with E-state index in [9.17, 15) is 26.7 Å². The van der Waals surface area contributed by atoms with Gasteiger partial charge in [0.25, 0.3) is 0 Å². The Morgan fingerprint density at radius 3 is 2.07 bits per heavy atom. The van der Waals surface area contributed by atoms with Gasteiger partial charge in [-0.3, -0.25) is 0 Å². The highest BCUT2D eigenvalue weighted by Crippen LogP contribution is 2.43. The second kappa shape index (κ2) is 8.02. The SMILES string of the molecule is COc1cccc(C(c2ccc(C(F)(F)F)cc2)S(=O)(=O)c2ccc(C)cc2)c1O. The largest absolute Gasteiger partial charge is 0.504 e. The monoisotopic (exact) mass is 436 g/mol. The van der Waals surface area contributed by atoms with Crippen molar-refractivity contribution >= 4 is 9.84 Å². The summed E-state index contributed by atoms with van der Waals surface area (Å²) in [5.74, 6) is -0.330. The van der Waals surface area contributed by atoms with Crippen LogP contribution in [0.25, 0.3) is 0 Å². The van der Waals surface area contributed by atoms with E-state index < -0.39 is 26.8 Å². The molecule has 1 N–H and O–H groups in total. The van der Waals surface area contributed by atoms with E-state index in [4.69, 9.17) is 4.74 Å². The highest BCUT2D eigenvalue weighted by molar-refractivity contribution is 7.92. The van der Waals surface area contributed by atoms with E-state index in [1.807, 2.05) is 0 Å². The number of phenolic OH excluding ortho intramolecular Hbond substituents is 1. The number of sulfone groups is 1. The molecule has 0 saturated heterocycles. The Balaban J connectivity index is 2.23. The molecule has 8 heteroatoms. The van der Waals surface area contributed by atoms with Gasteiger partial charge >= 0.3 is 6.18 Å². The molecule has 0 aromatic heterocycles. The number of rotatable bonds is 5. The van der Waals surface area contributed by atoms with Gasteiger partial charge in [-0.1, -0.05) is 42.0 Å². The Hall–Kier alpha value is -3.00. The van der Waals surface area contributed by atoms with Crippen molar-refractivity contribution in [3.8, 4) is 11.5 Å². The number of hydrogen-bond acceptors (Lipinski definition) is 4. The van der Waals surface area contributed by atoms with Gasteiger partial charge in [-0.05, 0) is 42.8 Å². The molecule has 0 amide bonds. The van der Waals surface area contributed by atoms with Crippen LogP contribution in [0.1, 0.15) is 27.5 Å². The first-order chi connectivity index (χ1) is 14.1. The molecule has 1 atom stereocenters. The Bertz CT molecular complexity index is 1140. The third-order valence-corrected chi connectivity index (χ3v) is 6.81. The standard InChI is InChI=1S/C22H19F3O4S/c1-14-6-12-17(13-7-14)30(27,28)21(18-4-3-5-19(29-2)20(18)26)15-8-10-16(11-9-15)22(23,24)25/h3-13,21,26H,1-2H3. The molecule has 4 nitrogen and oxygen atoms in total. The minimum absolute atomic E-state index is 0.00897. The zero-order chi connectivity index (χ0) is 22.1. The number of alkyl halides is 3. The van der Waals surface area contributed by atoms with Crippen molar-refractivity contribution in [3.05, 3.63) is 89.0 Å². The molecule has 3 rings (SSSR count). The van der Waals surface area contributed by atoms with Crippen LogP contribution >= 0.6 is 0 Å². The normalized spacial score (nSPS) is 13.1. The molecule has 0 bridgehead atoms. The van der Waals surface area contributed by atoms with E-state index in [-0.39, 0.29) is 27.5 Å². The lowest BCUT2D eigenvalue weighted by Gasteiger charge is -2.21. The number of aromatic hydroxyl groups is 1. The number of methoxy groups -OCH3 is 1. The lowest BCUT2D eigenvalue weighted by Crippen LogP contribution is -2.16. The number of benzene rings is 3. The van der Waals surface area contributed by atoms with Gasteiger partial charge < -0.3 is 9.84 Å². The first-order valence-corrected chi connectivity index (χ1v) is 10.4. The Morgan fingerprint density at radius 2 is 1.53 bits per heavy atom. The minimum atomic E-state index is -4.55. The van der Waals surface area contributed by atoms with Crippen molar-refractivity contribution in [1.29, 1.82) is 0 Å². The predicted octanol–water partition coefficient (Wildman–Crippen LogP) is 5.29. The van der Waals surface area contributed by atoms with Crippen LogP contribution in [0.15, 0.2) is 71.6 Å². The van der Waals surface area contributed by atoms with Crippen LogP contribution < -0.4 is 4.74 Å². The maximum absolute atomic E-state index is 13.5. The maximum Gasteiger partial charge on any atom is 0.416 e. The number of ether oxygens (including phenoxy) is 1. The van der Waals surface area contributed by atoms with Crippen LogP contribution in [0.5, 0.6) is 11.5 Å². The van der Waals surface area contributed by atoms with Crippen molar-refractivity contribution in [1.82, 2.24) is 0 Å². The average molecular weight is 436 g/mol. The summed E-state index contributed by atoms with van der Waals surface area (Å²) in [5, 5.41) is 9.16. The summed E-state index contributed by atoms with van der Waals surface area (Å²) in [6.45, 7) is 1.80. The van der Waals surface area contributed by atoms with Gasteiger partial charge in [0, 0.05) is 5.56 Å². The lowest BCUT2D eigenvalue weighted by molar-refractivity contribution is -0.137. The number of halogens is 3. The van der Waals surface area contributed by atoms with Crippen LogP contribution in [-0.2, 0) is 16.0 Å². The van der Waals surface area contributed by atoms with Crippen LogP contribution in [0, 0.1) is 6.92 Å². The molecule has 0 saturated carbocycles. The summed E-state index contributed by atoms with van der Waals surface area (Å²) in [7, 11) is -2.80. The molecule has 1 unspecified atom stereocenters. The quantitative estimate of drug-likeness (QED) is 0.590. The molecule has 0 spiro atoms. The number of hydrogen-bond donors (Lipinski definition) is 1. The van der Waals surface area contributed by atoms with E-state index in [2.05, 4.69) is 0 Å². The Morgan fingerprint density at radius 1 is 0.933 bits per heavy atom. The lowest BCUT2D eigenvalue weighted by atomic mass is 10.0. The Kier molecular flexibility index (Phi) is 5.81. The van der Waals surface area contributed by atoms with E-state index in [1.165, 1.54) is 37.4 Å². The molecule has 3 aromatic carbocycles. The predicted molar refractivity (Wildman–Crippen MR) is 106 cm³/mol. The third-order valence-electron chi connectivity index (χ3n) is 4.73. The minimum Gasteiger partial charge on any atom is -0.504 e. The van der Waals surface area contributed by atoms with Crippen molar-refractivity contribution in [2.75, 3.05) is 7.11 Å². The Labute approximate surface area is 172 Å². The highest BCUT2D eigenvalue weighted by Gasteiger charge is 2.35. The molecule has 3 aromatic rings. The third kappa shape index (κ3) is 4.14. The number of phenols is 1. The summed E-state index contributed by atoms with van der Waals surface area (Å²) in [6, 6.07) is 14.4. The molecule has 0 heterocycles. The van der Waals surface area contributed by atoms with Gasteiger partial charge in [-0.25, -0.2) is 8.42 Å². The van der Waals surface area contributed by atoms with Crippen LogP contribution in [-0.4, -0.2) is 20.6 Å². The molecule has 158 valence electrons. The second-order valence-electron chi connectivity index (χ2n) is 6.76. The van der Waals surface area contributed by atoms with Crippen molar-refractivity contribution in [2.45, 2.75) is 23.2 Å². The average Bonchev–Trinajstić information content (AvgIpc) is 2.69. The van der Waals surface area contributed by atoms with Crippen LogP contribution in [0.3, 0.4) is 0 Å². The first-order valence-electron chi connectivity index (χ1n) is 8.89. The van der Waals surface area contributed by atoms with E-state index in [0.717, 1.165) is 29.8 Å². The van der Waals surface area contributed by atoms with Crippen molar-refractivity contribution < 1.29 is 31.4 Å². The number of aryl methyl sites for hydroxylation is 1. The maximum atomic E-state index is 13.5. The summed E-state index contributed by atoms with van der Waals surface area (Å²) in [6.07, 6.45) is -4.55. The molecule has 0 aliphatic heterocycles. The number of para-hydroxylation sites is 1. The molecule has 0 aliphatic carbocycles. The molecule has 0 radical (unpaired) electrons. The first kappa shape index (κ1) is 21.7. The van der Waals surface area contributed by atoms with Crippen molar-refractivity contribution in [3.63, 3.8) is 0 Å². The van der Waals surface area contributed by atoms with Crippen molar-refractivity contribution in [2.24, 2.45) is 0 Å². The fourth-order valence-corrected chi connectivity index (χ4v) is 4.98. The summed E-state index contributed by atoms with van der Waals surface area (Å²) < 4.78 is 71.0.